The first-order valence-electron chi connectivity index (χ1n) is 1.99. The minimum absolute atomic E-state index is 0. The highest BCUT2D eigenvalue weighted by Crippen LogP contribution is 1.56. The summed E-state index contributed by atoms with van der Waals surface area (Å²) >= 11 is 0. The first-order valence-corrected chi connectivity index (χ1v) is 1.99. The lowest BCUT2D eigenvalue weighted by Gasteiger charge is -1.48. The molecule has 0 radical (unpaired) electrons. The van der Waals surface area contributed by atoms with Crippen molar-refractivity contribution in [2.75, 3.05) is 7.05 Å². The zero-order valence-corrected chi connectivity index (χ0v) is 4.28. The number of nitrogens with two attached hydrogens (primary N) is 1. The molecule has 0 unspecified atom stereocenters. The zero-order chi connectivity index (χ0) is 4.71. The van der Waals surface area contributed by atoms with Crippen molar-refractivity contribution < 1.29 is 0 Å². The highest BCUT2D eigenvalue weighted by atomic mass is 14.4. The molecular formula is C5H17N. The van der Waals surface area contributed by atoms with Gasteiger partial charge >= 0.3 is 0 Å². The largest absolute Gasteiger partial charge is 0.333 e. The first-order chi connectivity index (χ1) is 2.41. The lowest BCUT2D eigenvalue weighted by atomic mass is 10.6. The first kappa shape index (κ1) is 16.7. The van der Waals surface area contributed by atoms with Gasteiger partial charge in [0.05, 0.1) is 0 Å². The maximum absolute atomic E-state index is 4.50. The van der Waals surface area contributed by atoms with Gasteiger partial charge in [0.15, 0.2) is 0 Å². The van der Waals surface area contributed by atoms with Crippen molar-refractivity contribution in [1.82, 2.24) is 0 Å². The van der Waals surface area contributed by atoms with Gasteiger partial charge in [0.1, 0.15) is 0 Å². The lowest BCUT2D eigenvalue weighted by Crippen LogP contribution is -1.69. The highest BCUT2D eigenvalue weighted by molar-refractivity contribution is 3.92. The molecule has 0 amide bonds. The molecular weight excluding hydrogens is 74.1 g/mol. The molecule has 0 aromatic carbocycles. The third kappa shape index (κ3) is 21700. The van der Waals surface area contributed by atoms with E-state index in [4.69, 9.17) is 0 Å². The molecule has 0 heterocycles. The van der Waals surface area contributed by atoms with E-state index < -0.39 is 0 Å². The number of hydrogen-bond acceptors (Lipinski definition) is 1. The zero-order valence-electron chi connectivity index (χ0n) is 4.28. The second kappa shape index (κ2) is 84.4. The Kier molecular flexibility index (Phi) is 235. The summed E-state index contributed by atoms with van der Waals surface area (Å²) in [6.45, 7) is 4.25. The Morgan fingerprint density at radius 3 is 1.17 bits per heavy atom. The highest BCUT2D eigenvalue weighted by Gasteiger charge is 1.35. The van der Waals surface area contributed by atoms with Gasteiger partial charge in [-0.3, -0.25) is 0 Å². The minimum atomic E-state index is 0. The van der Waals surface area contributed by atoms with Crippen LogP contribution in [-0.2, 0) is 0 Å². The van der Waals surface area contributed by atoms with Crippen LogP contribution in [-0.4, -0.2) is 7.05 Å². The third-order valence-corrected chi connectivity index (χ3v) is 0. The average Bonchev–Trinajstić information content (AvgIpc) is 1.46. The van der Waals surface area contributed by atoms with Gasteiger partial charge in [-0.05, 0) is 7.05 Å². The maximum Gasteiger partial charge on any atom is -0.0195 e. The van der Waals surface area contributed by atoms with Crippen LogP contribution in [0.25, 0.3) is 0 Å². The van der Waals surface area contributed by atoms with Crippen molar-refractivity contribution in [3.8, 4) is 0 Å². The smallest absolute Gasteiger partial charge is 0.0195 e. The fraction of sp³-hybridized carbons (Fsp3) is 1.00. The normalized spacial score (nSPS) is 4.00. The number of hydrogen-bond donors (Lipinski definition) is 1. The molecule has 1 nitrogen and oxygen atoms in total. The Morgan fingerprint density at radius 2 is 1.17 bits per heavy atom. The molecule has 0 aromatic rings. The van der Waals surface area contributed by atoms with E-state index in [-0.39, 0.29) is 7.43 Å². The summed E-state index contributed by atoms with van der Waals surface area (Å²) in [5.41, 5.74) is 4.50. The van der Waals surface area contributed by atoms with Gasteiger partial charge in [0, 0.05) is 0 Å². The van der Waals surface area contributed by atoms with Crippen molar-refractivity contribution in [2.24, 2.45) is 5.73 Å². The topological polar surface area (TPSA) is 26.0 Å². The standard InChI is InChI=1S/C3H8.CH5N.CH4/c1-3-2;1-2;/h3H2,1-2H3;2H2,1H3;1H4. The molecule has 0 atom stereocenters. The van der Waals surface area contributed by atoms with E-state index in [9.17, 15) is 0 Å². The van der Waals surface area contributed by atoms with Crippen molar-refractivity contribution in [3.05, 3.63) is 0 Å². The predicted molar refractivity (Wildman–Crippen MR) is 32.8 cm³/mol. The molecule has 0 aliphatic carbocycles. The van der Waals surface area contributed by atoms with Gasteiger partial charge in [-0.1, -0.05) is 27.7 Å². The molecule has 0 aromatic heterocycles. The predicted octanol–water partition coefficient (Wildman–Crippen LogP) is 1.63. The fourth-order valence-electron chi connectivity index (χ4n) is 0. The van der Waals surface area contributed by atoms with Crippen LogP contribution in [0.1, 0.15) is 27.7 Å². The Balaban J connectivity index is -0.0000000275. The molecule has 2 N–H and O–H groups in total. The van der Waals surface area contributed by atoms with Crippen LogP contribution < -0.4 is 5.73 Å². The van der Waals surface area contributed by atoms with E-state index in [1.165, 1.54) is 13.5 Å². The maximum atomic E-state index is 4.50. The quantitative estimate of drug-likeness (QED) is 0.481. The molecule has 0 rings (SSSR count). The Hall–Kier alpha value is -0.0400. The van der Waals surface area contributed by atoms with Crippen molar-refractivity contribution in [2.45, 2.75) is 27.7 Å². The van der Waals surface area contributed by atoms with Crippen molar-refractivity contribution in [3.63, 3.8) is 0 Å². The monoisotopic (exact) mass is 91.1 g/mol. The average molecular weight is 91.2 g/mol. The summed E-state index contributed by atoms with van der Waals surface area (Å²) in [6.07, 6.45) is 1.25. The summed E-state index contributed by atoms with van der Waals surface area (Å²) in [4.78, 5) is 0. The van der Waals surface area contributed by atoms with E-state index >= 15 is 0 Å². The fourth-order valence-corrected chi connectivity index (χ4v) is 0. The second-order valence-electron chi connectivity index (χ2n) is 0.707. The van der Waals surface area contributed by atoms with Crippen LogP contribution in [0.3, 0.4) is 0 Å². The molecule has 0 bridgehead atoms. The van der Waals surface area contributed by atoms with Gasteiger partial charge in [-0.25, -0.2) is 0 Å². The molecule has 0 aliphatic heterocycles. The SMILES string of the molecule is C.CCC.CN. The second-order valence-corrected chi connectivity index (χ2v) is 0.707. The van der Waals surface area contributed by atoms with E-state index in [0.29, 0.717) is 0 Å². The van der Waals surface area contributed by atoms with E-state index in [0.717, 1.165) is 0 Å². The molecule has 0 saturated carbocycles. The van der Waals surface area contributed by atoms with Gasteiger partial charge in [-0.15, -0.1) is 0 Å². The third-order valence-electron chi connectivity index (χ3n) is 0. The van der Waals surface area contributed by atoms with E-state index in [2.05, 4.69) is 19.6 Å². The van der Waals surface area contributed by atoms with Gasteiger partial charge in [-0.2, -0.15) is 0 Å². The summed E-state index contributed by atoms with van der Waals surface area (Å²) in [5.74, 6) is 0. The minimum Gasteiger partial charge on any atom is -0.333 e. The summed E-state index contributed by atoms with van der Waals surface area (Å²) in [6, 6.07) is 0. The van der Waals surface area contributed by atoms with Gasteiger partial charge < -0.3 is 5.73 Å². The van der Waals surface area contributed by atoms with Crippen LogP contribution in [0.4, 0.5) is 0 Å². The molecule has 42 valence electrons. The van der Waals surface area contributed by atoms with Crippen LogP contribution in [0.2, 0.25) is 0 Å². The lowest BCUT2D eigenvalue weighted by molar-refractivity contribution is 1.09. The summed E-state index contributed by atoms with van der Waals surface area (Å²) in [7, 11) is 1.50. The molecule has 0 spiro atoms. The molecule has 6 heavy (non-hydrogen) atoms. The Morgan fingerprint density at radius 1 is 1.17 bits per heavy atom. The van der Waals surface area contributed by atoms with Crippen molar-refractivity contribution >= 4 is 0 Å². The van der Waals surface area contributed by atoms with Crippen LogP contribution in [0.15, 0.2) is 0 Å². The molecule has 1 heteroatoms. The van der Waals surface area contributed by atoms with Crippen LogP contribution in [0.5, 0.6) is 0 Å². The van der Waals surface area contributed by atoms with E-state index in [1.807, 2.05) is 0 Å². The molecule has 0 aliphatic rings. The Labute approximate surface area is 41.6 Å². The van der Waals surface area contributed by atoms with Crippen molar-refractivity contribution in [1.29, 1.82) is 0 Å². The van der Waals surface area contributed by atoms with Gasteiger partial charge in [0.2, 0.25) is 0 Å². The van der Waals surface area contributed by atoms with Crippen LogP contribution >= 0.6 is 0 Å². The van der Waals surface area contributed by atoms with E-state index in [1.54, 1.807) is 0 Å². The van der Waals surface area contributed by atoms with Crippen LogP contribution in [0, 0.1) is 0 Å². The summed E-state index contributed by atoms with van der Waals surface area (Å²) < 4.78 is 0. The van der Waals surface area contributed by atoms with Gasteiger partial charge in [0.25, 0.3) is 0 Å². The molecule has 0 saturated heterocycles. The number of rotatable bonds is 0. The molecule has 0 fully saturated rings. The Bertz CT molecular complexity index is 3.90. The summed E-state index contributed by atoms with van der Waals surface area (Å²) in [5, 5.41) is 0.